The van der Waals surface area contributed by atoms with Gasteiger partial charge >= 0.3 is 5.97 Å². The lowest BCUT2D eigenvalue weighted by Gasteiger charge is -2.17. The van der Waals surface area contributed by atoms with Gasteiger partial charge in [-0.1, -0.05) is 30.3 Å². The van der Waals surface area contributed by atoms with Crippen LogP contribution in [-0.2, 0) is 16.0 Å². The first kappa shape index (κ1) is 19.7. The van der Waals surface area contributed by atoms with Gasteiger partial charge in [-0.25, -0.2) is 4.79 Å². The molecule has 2 rings (SSSR count). The third-order valence-corrected chi connectivity index (χ3v) is 5.12. The van der Waals surface area contributed by atoms with E-state index in [9.17, 15) is 9.59 Å². The molecule has 0 fully saturated rings. The number of rotatable bonds is 6. The summed E-state index contributed by atoms with van der Waals surface area (Å²) in [5, 5.41) is 2.78. The van der Waals surface area contributed by atoms with Crippen molar-refractivity contribution in [3.05, 3.63) is 69.3 Å². The normalized spacial score (nSPS) is 10.5. The highest BCUT2D eigenvalue weighted by Crippen LogP contribution is 2.26. The number of hydrogen-bond donors (Lipinski definition) is 1. The molecule has 0 radical (unpaired) electrons. The van der Waals surface area contributed by atoms with E-state index in [1.54, 1.807) is 0 Å². The summed E-state index contributed by atoms with van der Waals surface area (Å²) >= 11 is 0. The van der Waals surface area contributed by atoms with Gasteiger partial charge in [0.2, 0.25) is 0 Å². The quantitative estimate of drug-likeness (QED) is 0.805. The zero-order chi connectivity index (χ0) is 19.3. The number of amides is 1. The van der Waals surface area contributed by atoms with Crippen molar-refractivity contribution in [1.29, 1.82) is 0 Å². The summed E-state index contributed by atoms with van der Waals surface area (Å²) in [7, 11) is 0. The minimum Gasteiger partial charge on any atom is -0.452 e. The molecule has 138 valence electrons. The van der Waals surface area contributed by atoms with Crippen LogP contribution in [0.1, 0.15) is 43.7 Å². The van der Waals surface area contributed by atoms with E-state index in [-0.39, 0.29) is 12.5 Å². The van der Waals surface area contributed by atoms with Gasteiger partial charge in [0.25, 0.3) is 5.91 Å². The van der Waals surface area contributed by atoms with Crippen molar-refractivity contribution < 1.29 is 14.3 Å². The van der Waals surface area contributed by atoms with Gasteiger partial charge in [-0.2, -0.15) is 0 Å². The summed E-state index contributed by atoms with van der Waals surface area (Å²) < 4.78 is 5.25. The van der Waals surface area contributed by atoms with Crippen LogP contribution in [0.2, 0.25) is 0 Å². The van der Waals surface area contributed by atoms with E-state index in [1.807, 2.05) is 58.0 Å². The van der Waals surface area contributed by atoms with Gasteiger partial charge in [-0.15, -0.1) is 0 Å². The van der Waals surface area contributed by atoms with Crippen LogP contribution in [0, 0.1) is 34.6 Å². The SMILES string of the molecule is Cc1c(C)c(C)c(C(=O)OCC(=O)NCCc2ccccc2)c(C)c1C. The highest BCUT2D eigenvalue weighted by Gasteiger charge is 2.20. The van der Waals surface area contributed by atoms with E-state index in [4.69, 9.17) is 4.74 Å². The molecule has 0 aliphatic rings. The third-order valence-electron chi connectivity index (χ3n) is 5.12. The van der Waals surface area contributed by atoms with Crippen LogP contribution in [-0.4, -0.2) is 25.0 Å². The first-order chi connectivity index (χ1) is 12.3. The zero-order valence-corrected chi connectivity index (χ0v) is 16.2. The van der Waals surface area contributed by atoms with Gasteiger partial charge < -0.3 is 10.1 Å². The number of nitrogens with one attached hydrogen (secondary N) is 1. The fraction of sp³-hybridized carbons (Fsp3) is 0.364. The molecule has 0 aliphatic heterocycles. The maximum atomic E-state index is 12.5. The second-order valence-electron chi connectivity index (χ2n) is 6.66. The summed E-state index contributed by atoms with van der Waals surface area (Å²) in [5.41, 5.74) is 6.93. The predicted molar refractivity (Wildman–Crippen MR) is 104 cm³/mol. The van der Waals surface area contributed by atoms with Crippen molar-refractivity contribution in [3.63, 3.8) is 0 Å². The van der Waals surface area contributed by atoms with Crippen molar-refractivity contribution >= 4 is 11.9 Å². The van der Waals surface area contributed by atoms with Crippen molar-refractivity contribution in [1.82, 2.24) is 5.32 Å². The average Bonchev–Trinajstić information content (AvgIpc) is 2.64. The maximum absolute atomic E-state index is 12.5. The van der Waals surface area contributed by atoms with Crippen LogP contribution in [0.5, 0.6) is 0 Å². The molecule has 4 nitrogen and oxygen atoms in total. The van der Waals surface area contributed by atoms with E-state index in [1.165, 1.54) is 5.56 Å². The van der Waals surface area contributed by atoms with Crippen LogP contribution in [0.15, 0.2) is 30.3 Å². The summed E-state index contributed by atoms with van der Waals surface area (Å²) in [4.78, 5) is 24.4. The number of hydrogen-bond acceptors (Lipinski definition) is 3. The van der Waals surface area contributed by atoms with Gasteiger partial charge in [0.1, 0.15) is 0 Å². The molecular weight excluding hydrogens is 326 g/mol. The summed E-state index contributed by atoms with van der Waals surface area (Å²) in [6, 6.07) is 9.92. The van der Waals surface area contributed by atoms with E-state index in [2.05, 4.69) is 12.2 Å². The van der Waals surface area contributed by atoms with Crippen LogP contribution >= 0.6 is 0 Å². The fourth-order valence-electron chi connectivity index (χ4n) is 3.05. The van der Waals surface area contributed by atoms with Crippen LogP contribution in [0.25, 0.3) is 0 Å². The number of esters is 1. The van der Waals surface area contributed by atoms with Crippen molar-refractivity contribution in [2.75, 3.05) is 13.2 Å². The Morgan fingerprint density at radius 2 is 1.38 bits per heavy atom. The minimum atomic E-state index is -0.440. The Morgan fingerprint density at radius 1 is 0.846 bits per heavy atom. The molecule has 26 heavy (non-hydrogen) atoms. The van der Waals surface area contributed by atoms with Crippen LogP contribution < -0.4 is 5.32 Å². The Labute approximate surface area is 155 Å². The highest BCUT2D eigenvalue weighted by atomic mass is 16.5. The molecule has 0 unspecified atom stereocenters. The average molecular weight is 353 g/mol. The highest BCUT2D eigenvalue weighted by molar-refractivity contribution is 5.95. The monoisotopic (exact) mass is 353 g/mol. The Hall–Kier alpha value is -2.62. The van der Waals surface area contributed by atoms with E-state index in [0.29, 0.717) is 12.1 Å². The first-order valence-electron chi connectivity index (χ1n) is 8.87. The van der Waals surface area contributed by atoms with Gasteiger partial charge in [0.05, 0.1) is 5.56 Å². The zero-order valence-electron chi connectivity index (χ0n) is 16.2. The number of ether oxygens (including phenoxy) is 1. The molecule has 0 aromatic heterocycles. The molecule has 1 amide bonds. The Morgan fingerprint density at radius 3 is 1.96 bits per heavy atom. The smallest absolute Gasteiger partial charge is 0.339 e. The molecular formula is C22H27NO3. The van der Waals surface area contributed by atoms with E-state index >= 15 is 0 Å². The Balaban J connectivity index is 1.91. The van der Waals surface area contributed by atoms with Crippen molar-refractivity contribution in [2.45, 2.75) is 41.0 Å². The topological polar surface area (TPSA) is 55.4 Å². The second kappa shape index (κ2) is 8.65. The van der Waals surface area contributed by atoms with E-state index in [0.717, 1.165) is 34.2 Å². The lowest BCUT2D eigenvalue weighted by molar-refractivity contribution is -0.124. The molecule has 2 aromatic carbocycles. The third kappa shape index (κ3) is 4.51. The molecule has 2 aromatic rings. The Kier molecular flexibility index (Phi) is 6.56. The molecule has 0 aliphatic carbocycles. The molecule has 0 saturated carbocycles. The minimum absolute atomic E-state index is 0.265. The largest absolute Gasteiger partial charge is 0.452 e. The van der Waals surface area contributed by atoms with Gasteiger partial charge in [0, 0.05) is 6.54 Å². The molecule has 0 spiro atoms. The fourth-order valence-corrected chi connectivity index (χ4v) is 3.05. The molecule has 1 N–H and O–H groups in total. The van der Waals surface area contributed by atoms with Gasteiger partial charge in [-0.05, 0) is 74.4 Å². The lowest BCUT2D eigenvalue weighted by Crippen LogP contribution is -2.30. The van der Waals surface area contributed by atoms with Gasteiger partial charge in [0.15, 0.2) is 6.61 Å². The van der Waals surface area contributed by atoms with E-state index < -0.39 is 5.97 Å². The van der Waals surface area contributed by atoms with Crippen molar-refractivity contribution in [3.8, 4) is 0 Å². The molecule has 0 atom stereocenters. The standard InChI is InChI=1S/C22H27NO3/c1-14-15(2)17(4)21(18(5)16(14)3)22(25)26-13-20(24)23-12-11-19-9-7-6-8-10-19/h6-10H,11-13H2,1-5H3,(H,23,24). The van der Waals surface area contributed by atoms with Crippen LogP contribution in [0.3, 0.4) is 0 Å². The lowest BCUT2D eigenvalue weighted by atomic mass is 9.90. The van der Waals surface area contributed by atoms with Gasteiger partial charge in [-0.3, -0.25) is 4.79 Å². The molecule has 0 saturated heterocycles. The number of carbonyl (C=O) groups excluding carboxylic acids is 2. The summed E-state index contributed by atoms with van der Waals surface area (Å²) in [6.45, 7) is 10.2. The van der Waals surface area contributed by atoms with Crippen LogP contribution in [0.4, 0.5) is 0 Å². The summed E-state index contributed by atoms with van der Waals surface area (Å²) in [5.74, 6) is -0.727. The maximum Gasteiger partial charge on any atom is 0.339 e. The molecule has 0 heterocycles. The number of benzene rings is 2. The first-order valence-corrected chi connectivity index (χ1v) is 8.87. The van der Waals surface area contributed by atoms with Crippen molar-refractivity contribution in [2.24, 2.45) is 0 Å². The predicted octanol–water partition coefficient (Wildman–Crippen LogP) is 3.74. The number of carbonyl (C=O) groups is 2. The Bertz CT molecular complexity index is 781. The molecule has 4 heteroatoms. The summed E-state index contributed by atoms with van der Waals surface area (Å²) in [6.07, 6.45) is 0.745. The second-order valence-corrected chi connectivity index (χ2v) is 6.66. The molecule has 0 bridgehead atoms.